The van der Waals surface area contributed by atoms with Crippen LogP contribution in [-0.4, -0.2) is 22.3 Å². The molecule has 1 N–H and O–H groups in total. The molecule has 0 bridgehead atoms. The number of H-pyrrole nitrogens is 1. The molecule has 4 aromatic rings. The Morgan fingerprint density at radius 1 is 0.947 bits per heavy atom. The van der Waals surface area contributed by atoms with Gasteiger partial charge in [0.15, 0.2) is 18.1 Å². The largest absolute Gasteiger partial charge is 0.361 e. The molecule has 3 aliphatic rings. The Morgan fingerprint density at radius 2 is 1.89 bits per heavy atom. The average molecular weight is 498 g/mol. The molecule has 3 nitrogen and oxygen atoms in total. The second-order valence-electron chi connectivity index (χ2n) is 11.2. The van der Waals surface area contributed by atoms with Gasteiger partial charge in [-0.15, -0.1) is 0 Å². The van der Waals surface area contributed by atoms with E-state index in [1.165, 1.54) is 79.5 Å². The van der Waals surface area contributed by atoms with E-state index in [2.05, 4.69) is 119 Å². The summed E-state index contributed by atoms with van der Waals surface area (Å²) in [6.07, 6.45) is 21.8. The number of allylic oxidation sites excluding steroid dienone is 2. The van der Waals surface area contributed by atoms with Crippen LogP contribution in [0.4, 0.5) is 0 Å². The molecule has 3 heteroatoms. The number of nitrogens with zero attached hydrogens (tertiary/aromatic N) is 2. The topological polar surface area (TPSA) is 24.7 Å². The highest BCUT2D eigenvalue weighted by atomic mass is 15.0. The number of aromatic amines is 1. The van der Waals surface area contributed by atoms with Crippen molar-refractivity contribution in [3.63, 3.8) is 0 Å². The van der Waals surface area contributed by atoms with Crippen LogP contribution in [0.3, 0.4) is 0 Å². The molecular formula is C35H35N3+2. The second-order valence-corrected chi connectivity index (χ2v) is 11.2. The Labute approximate surface area is 223 Å². The summed E-state index contributed by atoms with van der Waals surface area (Å²) >= 11 is 0. The zero-order valence-corrected chi connectivity index (χ0v) is 22.4. The SMILES string of the molecule is CC(C)c1ccc2c(C=CC3=Cc4ccc5c(c4=c4cccc[n+]4=C3)=C3CCCC=[N+]3CCC5)c[nH]c2c1. The summed E-state index contributed by atoms with van der Waals surface area (Å²) in [5.41, 5.74) is 9.30. The van der Waals surface area contributed by atoms with Crippen LogP contribution in [0.25, 0.3) is 28.8 Å². The molecule has 0 atom stereocenters. The molecule has 0 unspecified atom stereocenters. The lowest BCUT2D eigenvalue weighted by Gasteiger charge is -2.10. The van der Waals surface area contributed by atoms with Crippen LogP contribution in [-0.2, 0) is 6.42 Å². The molecule has 0 aliphatic carbocycles. The van der Waals surface area contributed by atoms with Crippen molar-refractivity contribution in [3.8, 4) is 0 Å². The van der Waals surface area contributed by atoms with Crippen molar-refractivity contribution < 1.29 is 8.82 Å². The van der Waals surface area contributed by atoms with Gasteiger partial charge in [-0.05, 0) is 65.3 Å². The number of nitrogens with one attached hydrogen (secondary N) is 1. The van der Waals surface area contributed by atoms with Crippen LogP contribution in [0.15, 0.2) is 72.6 Å². The maximum atomic E-state index is 3.48. The highest BCUT2D eigenvalue weighted by Crippen LogP contribution is 2.25. The lowest BCUT2D eigenvalue weighted by molar-refractivity contribution is -0.519. The first kappa shape index (κ1) is 23.2. The van der Waals surface area contributed by atoms with Crippen LogP contribution in [0.1, 0.15) is 67.7 Å². The first-order valence-electron chi connectivity index (χ1n) is 14.1. The number of hydrogen-bond acceptors (Lipinski definition) is 0. The van der Waals surface area contributed by atoms with Crippen molar-refractivity contribution >= 4 is 35.0 Å². The van der Waals surface area contributed by atoms with Gasteiger partial charge < -0.3 is 4.98 Å². The smallest absolute Gasteiger partial charge is 0.219 e. The van der Waals surface area contributed by atoms with Crippen molar-refractivity contribution in [2.75, 3.05) is 6.54 Å². The number of hydrogen-bond donors (Lipinski definition) is 1. The third-order valence-corrected chi connectivity index (χ3v) is 8.39. The van der Waals surface area contributed by atoms with Crippen LogP contribution in [0, 0.1) is 16.8 Å². The van der Waals surface area contributed by atoms with E-state index in [-0.39, 0.29) is 0 Å². The molecule has 0 spiro atoms. The van der Waals surface area contributed by atoms with Gasteiger partial charge in [0, 0.05) is 54.1 Å². The summed E-state index contributed by atoms with van der Waals surface area (Å²) in [5, 5.41) is 5.40. The maximum Gasteiger partial charge on any atom is 0.219 e. The van der Waals surface area contributed by atoms with Crippen molar-refractivity contribution in [1.82, 2.24) is 4.98 Å². The van der Waals surface area contributed by atoms with E-state index < -0.39 is 0 Å². The molecule has 2 aromatic heterocycles. The average Bonchev–Trinajstić information content (AvgIpc) is 3.14. The minimum atomic E-state index is 0.524. The molecule has 0 fully saturated rings. The molecule has 188 valence electrons. The van der Waals surface area contributed by atoms with Gasteiger partial charge in [0.1, 0.15) is 12.8 Å². The van der Waals surface area contributed by atoms with Crippen molar-refractivity contribution in [1.29, 1.82) is 0 Å². The summed E-state index contributed by atoms with van der Waals surface area (Å²) in [4.78, 5) is 3.48. The predicted octanol–water partition coefficient (Wildman–Crippen LogP) is 6.31. The zero-order valence-electron chi connectivity index (χ0n) is 22.4. The Morgan fingerprint density at radius 3 is 2.82 bits per heavy atom. The molecule has 0 amide bonds. The van der Waals surface area contributed by atoms with Gasteiger partial charge in [-0.3, -0.25) is 0 Å². The molecule has 2 aromatic carbocycles. The first-order chi connectivity index (χ1) is 18.7. The van der Waals surface area contributed by atoms with E-state index in [4.69, 9.17) is 0 Å². The van der Waals surface area contributed by atoms with Gasteiger partial charge in [-0.1, -0.05) is 44.2 Å². The standard InChI is InChI=1S/C35H35N3/c1-24(2)27-15-16-30-29(22-36-31(30)21-27)12-11-25-20-28-14-13-26-8-7-19-37-17-5-3-9-32(37)34(26)35(28)33-10-4-6-18-38(33)23-25/h4,6,10-18,20-24,36H,3,5,7-9,19H2,1-2H3/q+2. The van der Waals surface area contributed by atoms with E-state index in [0.29, 0.717) is 5.92 Å². The van der Waals surface area contributed by atoms with Gasteiger partial charge in [-0.2, -0.15) is 4.24 Å². The summed E-state index contributed by atoms with van der Waals surface area (Å²) in [5.74, 6) is 0.524. The molecule has 7 rings (SSSR count). The normalized spacial score (nSPS) is 16.7. The number of rotatable bonds is 3. The van der Waals surface area contributed by atoms with Crippen molar-refractivity contribution in [2.24, 2.45) is 0 Å². The number of aryl methyl sites for hydroxylation is 1. The Hall–Kier alpha value is -3.98. The number of aromatic nitrogens is 2. The van der Waals surface area contributed by atoms with Crippen LogP contribution in [0.5, 0.6) is 0 Å². The molecule has 38 heavy (non-hydrogen) atoms. The van der Waals surface area contributed by atoms with Gasteiger partial charge >= 0.3 is 0 Å². The zero-order chi connectivity index (χ0) is 25.6. The third kappa shape index (κ3) is 3.98. The van der Waals surface area contributed by atoms with E-state index in [1.807, 2.05) is 0 Å². The van der Waals surface area contributed by atoms with Crippen molar-refractivity contribution in [3.05, 3.63) is 117 Å². The van der Waals surface area contributed by atoms with E-state index in [1.54, 1.807) is 0 Å². The van der Waals surface area contributed by atoms with Gasteiger partial charge in [0.25, 0.3) is 0 Å². The quantitative estimate of drug-likeness (QED) is 0.321. The van der Waals surface area contributed by atoms with Gasteiger partial charge in [-0.25, -0.2) is 4.58 Å². The van der Waals surface area contributed by atoms with Crippen molar-refractivity contribution in [2.45, 2.75) is 51.9 Å². The lowest BCUT2D eigenvalue weighted by atomic mass is 9.97. The molecular weight excluding hydrogens is 462 g/mol. The minimum absolute atomic E-state index is 0.524. The molecule has 5 heterocycles. The Balaban J connectivity index is 1.43. The maximum absolute atomic E-state index is 3.48. The summed E-state index contributed by atoms with van der Waals surface area (Å²) in [6, 6.07) is 18.1. The lowest BCUT2D eigenvalue weighted by Crippen LogP contribution is -2.26. The van der Waals surface area contributed by atoms with E-state index in [9.17, 15) is 0 Å². The molecule has 0 saturated carbocycles. The summed E-state index contributed by atoms with van der Waals surface area (Å²) in [6.45, 7) is 5.62. The molecule has 0 radical (unpaired) electrons. The molecule has 3 aliphatic heterocycles. The van der Waals surface area contributed by atoms with Crippen LogP contribution >= 0.6 is 0 Å². The third-order valence-electron chi connectivity index (χ3n) is 8.39. The fourth-order valence-electron chi connectivity index (χ4n) is 6.40. The first-order valence-corrected chi connectivity index (χ1v) is 14.1. The van der Waals surface area contributed by atoms with Crippen LogP contribution < -0.4 is 9.46 Å². The van der Waals surface area contributed by atoms with Gasteiger partial charge in [0.2, 0.25) is 5.35 Å². The van der Waals surface area contributed by atoms with E-state index in [0.717, 1.165) is 19.4 Å². The predicted molar refractivity (Wildman–Crippen MR) is 156 cm³/mol. The summed E-state index contributed by atoms with van der Waals surface area (Å²) < 4.78 is 4.87. The Bertz CT molecular complexity index is 1900. The monoisotopic (exact) mass is 497 g/mol. The fraction of sp³-hybridized carbons (Fsp3) is 0.257. The van der Waals surface area contributed by atoms with Gasteiger partial charge in [0.05, 0.1) is 10.4 Å². The number of pyridine rings is 1. The highest BCUT2D eigenvalue weighted by Gasteiger charge is 2.25. The fourth-order valence-corrected chi connectivity index (χ4v) is 6.40. The number of fused-ring (bicyclic) bond motifs is 6. The second kappa shape index (κ2) is 9.40. The number of benzene rings is 2. The minimum Gasteiger partial charge on any atom is -0.361 e. The summed E-state index contributed by atoms with van der Waals surface area (Å²) in [7, 11) is 0. The van der Waals surface area contributed by atoms with E-state index >= 15 is 0 Å². The highest BCUT2D eigenvalue weighted by molar-refractivity contribution is 5.89. The molecule has 0 saturated heterocycles. The Kier molecular flexibility index (Phi) is 5.73. The van der Waals surface area contributed by atoms with Crippen LogP contribution in [0.2, 0.25) is 0 Å².